The third-order valence-electron chi connectivity index (χ3n) is 6.68. The highest BCUT2D eigenvalue weighted by Gasteiger charge is 2.29. The predicted octanol–water partition coefficient (Wildman–Crippen LogP) is 4.46. The molecular weight excluding hydrogens is 532 g/mol. The molecule has 4 rings (SSSR count). The number of hydrogen-bond acceptors (Lipinski definition) is 9. The third kappa shape index (κ3) is 6.36. The molecule has 40 heavy (non-hydrogen) atoms. The van der Waals surface area contributed by atoms with Gasteiger partial charge in [-0.1, -0.05) is 6.07 Å². The Morgan fingerprint density at radius 3 is 2.52 bits per heavy atom. The average Bonchev–Trinajstić information content (AvgIpc) is 3.19. The molecule has 11 heteroatoms. The smallest absolute Gasteiger partial charge is 0.226 e. The van der Waals surface area contributed by atoms with Crippen LogP contribution in [0.15, 0.2) is 34.4 Å². The van der Waals surface area contributed by atoms with Crippen LogP contribution in [0.25, 0.3) is 11.1 Å². The van der Waals surface area contributed by atoms with Gasteiger partial charge in [0.2, 0.25) is 23.0 Å². The first-order valence-electron chi connectivity index (χ1n) is 13.0. The zero-order valence-electron chi connectivity index (χ0n) is 23.3. The number of rotatable bonds is 10. The van der Waals surface area contributed by atoms with Gasteiger partial charge in [-0.3, -0.25) is 14.4 Å². The van der Waals surface area contributed by atoms with E-state index in [9.17, 15) is 14.4 Å². The molecule has 1 aliphatic carbocycles. The maximum Gasteiger partial charge on any atom is 0.226 e. The molecule has 1 atom stereocenters. The zero-order chi connectivity index (χ0) is 28.8. The van der Waals surface area contributed by atoms with Crippen molar-refractivity contribution in [2.75, 3.05) is 38.5 Å². The van der Waals surface area contributed by atoms with Gasteiger partial charge in [-0.2, -0.15) is 0 Å². The number of methoxy groups -OCH3 is 3. The van der Waals surface area contributed by atoms with Crippen molar-refractivity contribution in [1.82, 2.24) is 10.3 Å². The Labute approximate surface area is 237 Å². The van der Waals surface area contributed by atoms with Crippen molar-refractivity contribution in [1.29, 1.82) is 0 Å². The molecule has 3 aromatic rings. The number of nitrogens with one attached hydrogen (secondary N) is 3. The summed E-state index contributed by atoms with van der Waals surface area (Å²) in [7, 11) is 4.68. The maximum absolute atomic E-state index is 13.4. The van der Waals surface area contributed by atoms with Crippen LogP contribution in [0.4, 0.5) is 10.8 Å². The number of carbonyl (C=O) groups excluding carboxylic acids is 2. The molecule has 0 saturated heterocycles. The summed E-state index contributed by atoms with van der Waals surface area (Å²) in [5, 5.41) is 11.4. The fourth-order valence-corrected chi connectivity index (χ4v) is 5.62. The largest absolute Gasteiger partial charge is 0.493 e. The number of thiazole rings is 1. The summed E-state index contributed by atoms with van der Waals surface area (Å²) >= 11 is 1.38. The van der Waals surface area contributed by atoms with E-state index in [-0.39, 0.29) is 29.7 Å². The molecule has 10 nitrogen and oxygen atoms in total. The first-order chi connectivity index (χ1) is 19.2. The van der Waals surface area contributed by atoms with Crippen LogP contribution < -0.4 is 35.6 Å². The van der Waals surface area contributed by atoms with E-state index in [0.717, 1.165) is 22.4 Å². The second-order valence-corrected chi connectivity index (χ2v) is 10.3. The van der Waals surface area contributed by atoms with Crippen LogP contribution in [0, 0.1) is 6.92 Å². The topological polar surface area (TPSA) is 128 Å². The predicted molar refractivity (Wildman–Crippen MR) is 156 cm³/mol. The summed E-state index contributed by atoms with van der Waals surface area (Å²) in [5.74, 6) is 1.17. The summed E-state index contributed by atoms with van der Waals surface area (Å²) in [4.78, 5) is 42.0. The van der Waals surface area contributed by atoms with E-state index >= 15 is 0 Å². The van der Waals surface area contributed by atoms with E-state index in [1.54, 1.807) is 33.5 Å². The highest BCUT2D eigenvalue weighted by Crippen LogP contribution is 2.50. The Balaban J connectivity index is 1.65. The average molecular weight is 567 g/mol. The second-order valence-electron chi connectivity index (χ2n) is 9.47. The van der Waals surface area contributed by atoms with E-state index in [2.05, 4.69) is 20.9 Å². The molecule has 0 fully saturated rings. The Bertz CT molecular complexity index is 1470. The second kappa shape index (κ2) is 12.8. The van der Waals surface area contributed by atoms with Crippen molar-refractivity contribution in [2.45, 2.75) is 45.6 Å². The molecule has 0 saturated carbocycles. The molecule has 0 radical (unpaired) electrons. The van der Waals surface area contributed by atoms with Crippen molar-refractivity contribution in [3.05, 3.63) is 56.7 Å². The molecule has 1 aromatic heterocycles. The van der Waals surface area contributed by atoms with Gasteiger partial charge in [0, 0.05) is 30.8 Å². The van der Waals surface area contributed by atoms with Gasteiger partial charge in [0.25, 0.3) is 0 Å². The summed E-state index contributed by atoms with van der Waals surface area (Å²) in [6, 6.07) is 6.70. The Morgan fingerprint density at radius 1 is 1.10 bits per heavy atom. The number of anilines is 2. The van der Waals surface area contributed by atoms with Crippen molar-refractivity contribution >= 4 is 34.0 Å². The van der Waals surface area contributed by atoms with Gasteiger partial charge in [0.1, 0.15) is 0 Å². The molecule has 0 aliphatic heterocycles. The van der Waals surface area contributed by atoms with Gasteiger partial charge in [-0.25, -0.2) is 4.98 Å². The molecule has 1 aliphatic rings. The number of aromatic nitrogens is 1. The number of nitrogens with zero attached hydrogens (tertiary/aromatic N) is 1. The number of carbonyl (C=O) groups is 2. The van der Waals surface area contributed by atoms with Gasteiger partial charge >= 0.3 is 0 Å². The first kappa shape index (κ1) is 28.9. The molecule has 212 valence electrons. The lowest BCUT2D eigenvalue weighted by Crippen LogP contribution is -2.26. The summed E-state index contributed by atoms with van der Waals surface area (Å²) in [6.45, 7) is 3.76. The lowest BCUT2D eigenvalue weighted by atomic mass is 9.95. The van der Waals surface area contributed by atoms with Crippen LogP contribution in [0.3, 0.4) is 0 Å². The van der Waals surface area contributed by atoms with Gasteiger partial charge < -0.3 is 30.2 Å². The third-order valence-corrected chi connectivity index (χ3v) is 7.55. The quantitative estimate of drug-likeness (QED) is 0.307. The number of fused-ring (bicyclic) bond motifs is 3. The minimum Gasteiger partial charge on any atom is -0.493 e. The molecule has 0 bridgehead atoms. The lowest BCUT2D eigenvalue weighted by Gasteiger charge is -2.19. The molecular formula is C29H34N4O6S. The van der Waals surface area contributed by atoms with Crippen molar-refractivity contribution < 1.29 is 23.8 Å². The monoisotopic (exact) mass is 566 g/mol. The zero-order valence-corrected chi connectivity index (χ0v) is 24.1. The van der Waals surface area contributed by atoms with Crippen LogP contribution in [-0.4, -0.2) is 44.7 Å². The molecule has 0 unspecified atom stereocenters. The summed E-state index contributed by atoms with van der Waals surface area (Å²) in [5.41, 5.74) is 4.23. The standard InChI is InChI=1S/C29H34N4O6S/c1-16-15-40-29(31-16)33-25(36)7-6-12-30-22-11-9-19-20(14-23(22)35)21(32-17(2)34)10-8-18-13-24(37-3)27(38-4)28(39-5)26(18)19/h9,11,13-15,21H,6-8,10,12H2,1-5H3,(H,30,35)(H,32,34)(H,31,33,36)/t21-/m1/s1. The van der Waals surface area contributed by atoms with Crippen LogP contribution in [0.1, 0.15) is 49.0 Å². The fourth-order valence-electron chi connectivity index (χ4n) is 4.92. The van der Waals surface area contributed by atoms with E-state index in [1.165, 1.54) is 18.3 Å². The Morgan fingerprint density at radius 2 is 1.88 bits per heavy atom. The van der Waals surface area contributed by atoms with Crippen LogP contribution >= 0.6 is 11.3 Å². The number of aryl methyl sites for hydroxylation is 2. The molecule has 0 spiro atoms. The van der Waals surface area contributed by atoms with Gasteiger partial charge in [-0.05, 0) is 61.1 Å². The SMILES string of the molecule is COc1cc2c(c(OC)c1OC)-c1ccc(NCCCC(=O)Nc3nc(C)cs3)c(=O)cc1[C@H](NC(C)=O)CC2. The van der Waals surface area contributed by atoms with Gasteiger partial charge in [-0.15, -0.1) is 11.3 Å². The molecule has 2 aromatic carbocycles. The van der Waals surface area contributed by atoms with Gasteiger partial charge in [0.05, 0.1) is 38.8 Å². The first-order valence-corrected chi connectivity index (χ1v) is 13.9. The van der Waals surface area contributed by atoms with Crippen LogP contribution in [0.2, 0.25) is 0 Å². The van der Waals surface area contributed by atoms with E-state index < -0.39 is 0 Å². The van der Waals surface area contributed by atoms with E-state index in [1.807, 2.05) is 24.4 Å². The van der Waals surface area contributed by atoms with Crippen molar-refractivity contribution in [2.24, 2.45) is 0 Å². The minimum absolute atomic E-state index is 0.130. The Kier molecular flexibility index (Phi) is 9.26. The van der Waals surface area contributed by atoms with E-state index in [4.69, 9.17) is 14.2 Å². The maximum atomic E-state index is 13.4. The fraction of sp³-hybridized carbons (Fsp3) is 0.379. The minimum atomic E-state index is -0.382. The molecule has 3 N–H and O–H groups in total. The number of hydrogen-bond donors (Lipinski definition) is 3. The Hall–Kier alpha value is -4.12. The number of ether oxygens (including phenoxy) is 3. The van der Waals surface area contributed by atoms with Crippen LogP contribution in [0.5, 0.6) is 17.2 Å². The van der Waals surface area contributed by atoms with Crippen LogP contribution in [-0.2, 0) is 16.0 Å². The highest BCUT2D eigenvalue weighted by atomic mass is 32.1. The van der Waals surface area contributed by atoms with E-state index in [0.29, 0.717) is 59.4 Å². The lowest BCUT2D eigenvalue weighted by molar-refractivity contribution is -0.119. The summed E-state index contributed by atoms with van der Waals surface area (Å²) in [6.07, 6.45) is 2.01. The molecule has 1 heterocycles. The van der Waals surface area contributed by atoms with Crippen molar-refractivity contribution in [3.63, 3.8) is 0 Å². The normalized spacial score (nSPS) is 13.8. The highest BCUT2D eigenvalue weighted by molar-refractivity contribution is 7.13. The summed E-state index contributed by atoms with van der Waals surface area (Å²) < 4.78 is 17.0. The van der Waals surface area contributed by atoms with Crippen molar-refractivity contribution in [3.8, 4) is 28.4 Å². The number of amides is 2. The van der Waals surface area contributed by atoms with Gasteiger partial charge in [0.15, 0.2) is 16.6 Å². The molecule has 2 amide bonds. The number of benzene rings is 1.